The molecule has 0 heterocycles. The van der Waals surface area contributed by atoms with Gasteiger partial charge in [-0.05, 0) is 25.1 Å². The number of methoxy groups -OCH3 is 2. The number of allylic oxidation sites excluding steroid dienone is 1. The van der Waals surface area contributed by atoms with Crippen LogP contribution in [-0.2, 0) is 4.79 Å². The van der Waals surface area contributed by atoms with Gasteiger partial charge < -0.3 is 19.9 Å². The molecule has 0 fully saturated rings. The van der Waals surface area contributed by atoms with Crippen molar-refractivity contribution in [2.24, 2.45) is 10.2 Å². The monoisotopic (exact) mass is 386 g/mol. The van der Waals surface area contributed by atoms with Crippen molar-refractivity contribution in [3.05, 3.63) is 64.0 Å². The van der Waals surface area contributed by atoms with Crippen LogP contribution in [0.25, 0.3) is 0 Å². The number of hydrogen-bond donors (Lipinski definition) is 2. The van der Waals surface area contributed by atoms with E-state index in [-0.39, 0.29) is 28.6 Å². The van der Waals surface area contributed by atoms with Gasteiger partial charge >= 0.3 is 0 Å². The normalized spacial score (nSPS) is 11.7. The number of carbonyl (C=O) groups excluding carboxylic acids is 1. The number of hydrogen-bond acceptors (Lipinski definition) is 8. The second kappa shape index (κ2) is 9.12. The summed E-state index contributed by atoms with van der Waals surface area (Å²) in [5, 5.41) is 30.9. The van der Waals surface area contributed by atoms with E-state index < -0.39 is 10.8 Å². The number of benzene rings is 2. The van der Waals surface area contributed by atoms with Crippen molar-refractivity contribution in [1.29, 1.82) is 0 Å². The first kappa shape index (κ1) is 20.4. The Morgan fingerprint density at radius 2 is 1.82 bits per heavy atom. The van der Waals surface area contributed by atoms with Crippen LogP contribution in [0.2, 0.25) is 0 Å². The number of azo groups is 1. The van der Waals surface area contributed by atoms with Crippen molar-refractivity contribution < 1.29 is 24.3 Å². The molecule has 2 aromatic rings. The lowest BCUT2D eigenvalue weighted by Crippen LogP contribution is -2.15. The molecule has 0 spiro atoms. The maximum atomic E-state index is 12.5. The summed E-state index contributed by atoms with van der Waals surface area (Å²) in [5.74, 6) is -0.552. The van der Waals surface area contributed by atoms with Crippen molar-refractivity contribution in [2.75, 3.05) is 19.5 Å². The first-order chi connectivity index (χ1) is 13.4. The summed E-state index contributed by atoms with van der Waals surface area (Å²) in [6, 6.07) is 10.5. The number of para-hydroxylation sites is 2. The smallest absolute Gasteiger partial charge is 0.279 e. The highest BCUT2D eigenvalue weighted by atomic mass is 16.6. The number of nitro benzene ring substituents is 1. The minimum atomic E-state index is -0.714. The highest BCUT2D eigenvalue weighted by Crippen LogP contribution is 2.32. The van der Waals surface area contributed by atoms with Gasteiger partial charge in [-0.2, -0.15) is 0 Å². The van der Waals surface area contributed by atoms with E-state index in [0.717, 1.165) is 0 Å². The zero-order valence-electron chi connectivity index (χ0n) is 15.4. The first-order valence-corrected chi connectivity index (χ1v) is 7.95. The molecular formula is C18H18N4O6. The summed E-state index contributed by atoms with van der Waals surface area (Å²) < 4.78 is 10.2. The fourth-order valence-corrected chi connectivity index (χ4v) is 2.18. The fourth-order valence-electron chi connectivity index (χ4n) is 2.18. The summed E-state index contributed by atoms with van der Waals surface area (Å²) in [7, 11) is 2.78. The molecule has 146 valence electrons. The summed E-state index contributed by atoms with van der Waals surface area (Å²) in [6.45, 7) is 1.28. The van der Waals surface area contributed by atoms with Gasteiger partial charge in [0.15, 0.2) is 11.4 Å². The summed E-state index contributed by atoms with van der Waals surface area (Å²) in [4.78, 5) is 22.7. The maximum absolute atomic E-state index is 12.5. The van der Waals surface area contributed by atoms with Crippen molar-refractivity contribution in [3.8, 4) is 11.5 Å². The molecule has 0 radical (unpaired) electrons. The van der Waals surface area contributed by atoms with Gasteiger partial charge in [0.25, 0.3) is 11.6 Å². The molecule has 0 atom stereocenters. The Morgan fingerprint density at radius 3 is 2.43 bits per heavy atom. The van der Waals surface area contributed by atoms with Crippen LogP contribution in [-0.4, -0.2) is 30.2 Å². The van der Waals surface area contributed by atoms with E-state index in [9.17, 15) is 20.0 Å². The molecule has 1 amide bonds. The zero-order valence-corrected chi connectivity index (χ0v) is 15.4. The van der Waals surface area contributed by atoms with Crippen LogP contribution in [0.5, 0.6) is 11.5 Å². The molecule has 0 bridgehead atoms. The predicted octanol–water partition coefficient (Wildman–Crippen LogP) is 4.12. The van der Waals surface area contributed by atoms with E-state index in [0.29, 0.717) is 11.4 Å². The minimum absolute atomic E-state index is 0.0954. The van der Waals surface area contributed by atoms with E-state index in [2.05, 4.69) is 15.5 Å². The highest BCUT2D eigenvalue weighted by Gasteiger charge is 2.16. The van der Waals surface area contributed by atoms with Crippen LogP contribution < -0.4 is 14.8 Å². The first-order valence-electron chi connectivity index (χ1n) is 7.95. The Morgan fingerprint density at radius 1 is 1.14 bits per heavy atom. The third-order valence-corrected chi connectivity index (χ3v) is 3.54. The van der Waals surface area contributed by atoms with Crippen molar-refractivity contribution in [3.63, 3.8) is 0 Å². The molecule has 0 saturated carbocycles. The Hall–Kier alpha value is -3.95. The topological polar surface area (TPSA) is 136 Å². The lowest BCUT2D eigenvalue weighted by molar-refractivity contribution is -0.384. The van der Waals surface area contributed by atoms with Crippen LogP contribution in [0.1, 0.15) is 6.92 Å². The lowest BCUT2D eigenvalue weighted by atomic mass is 10.2. The van der Waals surface area contributed by atoms with E-state index in [1.54, 1.807) is 24.3 Å². The number of nitrogens with one attached hydrogen (secondary N) is 1. The Kier molecular flexibility index (Phi) is 6.63. The quantitative estimate of drug-likeness (QED) is 0.241. The highest BCUT2D eigenvalue weighted by molar-refractivity contribution is 6.04. The number of aliphatic hydroxyl groups is 1. The number of aliphatic hydroxyl groups excluding tert-OH is 1. The number of ether oxygens (including phenoxy) is 2. The molecule has 10 heteroatoms. The van der Waals surface area contributed by atoms with Gasteiger partial charge in [-0.3, -0.25) is 14.9 Å². The second-order valence-corrected chi connectivity index (χ2v) is 5.40. The molecule has 2 rings (SSSR count). The molecule has 0 aliphatic heterocycles. The lowest BCUT2D eigenvalue weighted by Gasteiger charge is -2.10. The number of nitro groups is 1. The second-order valence-electron chi connectivity index (χ2n) is 5.40. The summed E-state index contributed by atoms with van der Waals surface area (Å²) in [5.41, 5.74) is 0.0129. The Labute approximate surface area is 160 Å². The standard InChI is InChI=1S/C18H18N4O6/c1-11(23)17(18(24)19-13-6-4-5-7-15(13)27-2)21-20-14-9-8-12(22(25)26)10-16(14)28-3/h4-10,23H,1-3H3,(H,19,24). The average Bonchev–Trinajstić information content (AvgIpc) is 2.68. The van der Waals surface area contributed by atoms with Gasteiger partial charge in [0.05, 0.1) is 30.9 Å². The molecule has 0 aromatic heterocycles. The molecule has 0 saturated heterocycles. The van der Waals surface area contributed by atoms with Crippen LogP contribution in [0.4, 0.5) is 17.1 Å². The van der Waals surface area contributed by atoms with Crippen LogP contribution in [0, 0.1) is 10.1 Å². The Balaban J connectivity index is 2.29. The molecule has 0 aliphatic carbocycles. The van der Waals surface area contributed by atoms with Gasteiger partial charge in [0, 0.05) is 6.07 Å². The number of amides is 1. The molecule has 2 N–H and O–H groups in total. The number of anilines is 1. The SMILES string of the molecule is COc1cc([N+](=O)[O-])ccc1N=NC(C(=O)Nc1ccccc1OC)=C(C)O. The van der Waals surface area contributed by atoms with E-state index in [1.165, 1.54) is 39.3 Å². The summed E-state index contributed by atoms with van der Waals surface area (Å²) >= 11 is 0. The average molecular weight is 386 g/mol. The molecule has 2 aromatic carbocycles. The molecular weight excluding hydrogens is 368 g/mol. The number of non-ortho nitro benzene ring substituents is 1. The van der Waals surface area contributed by atoms with Crippen LogP contribution >= 0.6 is 0 Å². The van der Waals surface area contributed by atoms with Crippen molar-refractivity contribution in [2.45, 2.75) is 6.92 Å². The number of nitrogens with zero attached hydrogens (tertiary/aromatic N) is 3. The maximum Gasteiger partial charge on any atom is 0.279 e. The third-order valence-electron chi connectivity index (χ3n) is 3.54. The summed E-state index contributed by atoms with van der Waals surface area (Å²) in [6.07, 6.45) is 0. The van der Waals surface area contributed by atoms with E-state index >= 15 is 0 Å². The largest absolute Gasteiger partial charge is 0.510 e. The van der Waals surface area contributed by atoms with Gasteiger partial charge in [0.1, 0.15) is 17.2 Å². The molecule has 0 aliphatic rings. The van der Waals surface area contributed by atoms with Crippen LogP contribution in [0.3, 0.4) is 0 Å². The predicted molar refractivity (Wildman–Crippen MR) is 101 cm³/mol. The van der Waals surface area contributed by atoms with Gasteiger partial charge in [-0.15, -0.1) is 10.2 Å². The third kappa shape index (κ3) is 4.81. The fraction of sp³-hybridized carbons (Fsp3) is 0.167. The number of rotatable bonds is 7. The van der Waals surface area contributed by atoms with Crippen molar-refractivity contribution in [1.82, 2.24) is 0 Å². The molecule has 10 nitrogen and oxygen atoms in total. The molecule has 0 unspecified atom stereocenters. The van der Waals surface area contributed by atoms with Crippen molar-refractivity contribution >= 4 is 23.0 Å². The zero-order chi connectivity index (χ0) is 20.7. The minimum Gasteiger partial charge on any atom is -0.510 e. The Bertz CT molecular complexity index is 951. The van der Waals surface area contributed by atoms with E-state index in [1.807, 2.05) is 0 Å². The van der Waals surface area contributed by atoms with Crippen LogP contribution in [0.15, 0.2) is 64.1 Å². The van der Waals surface area contributed by atoms with Gasteiger partial charge in [0.2, 0.25) is 0 Å². The number of carbonyl (C=O) groups is 1. The van der Waals surface area contributed by atoms with E-state index in [4.69, 9.17) is 9.47 Å². The van der Waals surface area contributed by atoms with Gasteiger partial charge in [-0.1, -0.05) is 12.1 Å². The van der Waals surface area contributed by atoms with Gasteiger partial charge in [-0.25, -0.2) is 0 Å². The molecule has 28 heavy (non-hydrogen) atoms.